The first kappa shape index (κ1) is 30.4. The van der Waals surface area contributed by atoms with Gasteiger partial charge in [0.1, 0.15) is 18.2 Å². The van der Waals surface area contributed by atoms with E-state index in [9.17, 15) is 4.79 Å². The molecule has 13 heteroatoms. The zero-order chi connectivity index (χ0) is 29.7. The SMILES string of the molecule is CCN1CCN(CCNC(=O)Nc2ccc3c(-c4cc5scnc5nc4OC)cn(COCC[Si](C)(C)C)c3n2)CC1. The second-order valence-electron chi connectivity index (χ2n) is 11.8. The molecule has 1 fully saturated rings. The van der Waals surface area contributed by atoms with Crippen molar-refractivity contribution in [3.8, 4) is 17.0 Å². The number of carbonyl (C=O) groups is 1. The fourth-order valence-corrected chi connectivity index (χ4v) is 6.45. The van der Waals surface area contributed by atoms with Gasteiger partial charge in [0.15, 0.2) is 5.65 Å². The van der Waals surface area contributed by atoms with Gasteiger partial charge in [0.05, 0.1) is 17.3 Å². The number of piperazine rings is 1. The third kappa shape index (κ3) is 7.45. The number of nitrogens with zero attached hydrogens (tertiary/aromatic N) is 6. The highest BCUT2D eigenvalue weighted by Crippen LogP contribution is 2.38. The lowest BCUT2D eigenvalue weighted by molar-refractivity contribution is 0.0899. The molecule has 0 saturated carbocycles. The molecule has 5 rings (SSSR count). The van der Waals surface area contributed by atoms with Crippen LogP contribution < -0.4 is 15.4 Å². The lowest BCUT2D eigenvalue weighted by atomic mass is 10.1. The Balaban J connectivity index is 1.33. The Morgan fingerprint density at radius 3 is 2.62 bits per heavy atom. The van der Waals surface area contributed by atoms with Gasteiger partial charge in [-0.3, -0.25) is 10.2 Å². The number of aromatic nitrogens is 4. The van der Waals surface area contributed by atoms with E-state index in [0.717, 1.165) is 72.2 Å². The van der Waals surface area contributed by atoms with Gasteiger partial charge in [0.25, 0.3) is 0 Å². The molecule has 0 bridgehead atoms. The van der Waals surface area contributed by atoms with Gasteiger partial charge in [-0.05, 0) is 30.8 Å². The van der Waals surface area contributed by atoms with E-state index >= 15 is 0 Å². The topological polar surface area (TPSA) is 110 Å². The average Bonchev–Trinajstić information content (AvgIpc) is 3.58. The molecule has 42 heavy (non-hydrogen) atoms. The highest BCUT2D eigenvalue weighted by molar-refractivity contribution is 7.16. The van der Waals surface area contributed by atoms with Crippen molar-refractivity contribution in [1.82, 2.24) is 34.6 Å². The van der Waals surface area contributed by atoms with E-state index in [-0.39, 0.29) is 6.03 Å². The fraction of sp³-hybridized carbons (Fsp3) is 0.517. The van der Waals surface area contributed by atoms with Crippen LogP contribution in [0, 0.1) is 0 Å². The summed E-state index contributed by atoms with van der Waals surface area (Å²) in [5.41, 5.74) is 4.96. The van der Waals surface area contributed by atoms with E-state index < -0.39 is 8.07 Å². The van der Waals surface area contributed by atoms with Crippen molar-refractivity contribution in [2.75, 3.05) is 64.8 Å². The number of ether oxygens (including phenoxy) is 2. The Morgan fingerprint density at radius 1 is 1.10 bits per heavy atom. The molecular weight excluding hydrogens is 569 g/mol. The number of fused-ring (bicyclic) bond motifs is 2. The molecule has 0 aromatic carbocycles. The van der Waals surface area contributed by atoms with Crippen LogP contribution in [0.4, 0.5) is 10.6 Å². The number of hydrogen-bond donors (Lipinski definition) is 2. The summed E-state index contributed by atoms with van der Waals surface area (Å²) >= 11 is 1.54. The largest absolute Gasteiger partial charge is 0.480 e. The van der Waals surface area contributed by atoms with E-state index in [1.807, 2.05) is 22.9 Å². The second-order valence-corrected chi connectivity index (χ2v) is 18.3. The summed E-state index contributed by atoms with van der Waals surface area (Å²) in [6.45, 7) is 17.0. The third-order valence-electron chi connectivity index (χ3n) is 7.59. The highest BCUT2D eigenvalue weighted by Gasteiger charge is 2.20. The predicted molar refractivity (Wildman–Crippen MR) is 172 cm³/mol. The van der Waals surface area contributed by atoms with Gasteiger partial charge in [-0.1, -0.05) is 26.6 Å². The Hall–Kier alpha value is -3.10. The minimum Gasteiger partial charge on any atom is -0.480 e. The molecular formula is C29H42N8O3SSi. The number of thiazole rings is 1. The van der Waals surface area contributed by atoms with Crippen LogP contribution in [-0.4, -0.2) is 103 Å². The van der Waals surface area contributed by atoms with Crippen LogP contribution in [0.25, 0.3) is 32.5 Å². The summed E-state index contributed by atoms with van der Waals surface area (Å²) in [7, 11) is 0.396. The number of likely N-dealkylation sites (N-methyl/N-ethyl adjacent to an activating group) is 1. The summed E-state index contributed by atoms with van der Waals surface area (Å²) in [5, 5.41) is 6.82. The molecule has 0 unspecified atom stereocenters. The molecule has 1 saturated heterocycles. The van der Waals surface area contributed by atoms with E-state index in [0.29, 0.717) is 37.2 Å². The first-order valence-electron chi connectivity index (χ1n) is 14.6. The molecule has 226 valence electrons. The van der Waals surface area contributed by atoms with Crippen LogP contribution in [0.2, 0.25) is 25.7 Å². The van der Waals surface area contributed by atoms with Crippen molar-refractivity contribution >= 4 is 52.6 Å². The Bertz CT molecular complexity index is 1510. The zero-order valence-corrected chi connectivity index (χ0v) is 27.1. The molecule has 0 radical (unpaired) electrons. The summed E-state index contributed by atoms with van der Waals surface area (Å²) in [6, 6.07) is 6.69. The molecule has 0 aliphatic carbocycles. The maximum atomic E-state index is 12.7. The number of urea groups is 1. The van der Waals surface area contributed by atoms with Crippen molar-refractivity contribution in [2.24, 2.45) is 0 Å². The minimum absolute atomic E-state index is 0.264. The maximum Gasteiger partial charge on any atom is 0.320 e. The van der Waals surface area contributed by atoms with Crippen LogP contribution in [0.15, 0.2) is 29.9 Å². The van der Waals surface area contributed by atoms with Crippen LogP contribution in [0.5, 0.6) is 5.88 Å². The predicted octanol–water partition coefficient (Wildman–Crippen LogP) is 4.79. The standard InChI is InChI=1S/C29H42N8O3SSi/c1-6-35-11-13-36(14-12-35)10-9-30-29(38)33-25-8-7-21-23(22-17-24-26(31-19-41-24)34-28(22)39-2)18-37(27(21)32-25)20-40-15-16-42(3,4)5/h7-8,17-19H,6,9-16,20H2,1-5H3,(H2,30,32,33,38). The maximum absolute atomic E-state index is 12.7. The molecule has 5 heterocycles. The monoisotopic (exact) mass is 610 g/mol. The van der Waals surface area contributed by atoms with Crippen LogP contribution in [0.3, 0.4) is 0 Å². The third-order valence-corrected chi connectivity index (χ3v) is 10.1. The Morgan fingerprint density at radius 2 is 1.88 bits per heavy atom. The van der Waals surface area contributed by atoms with Crippen LogP contribution >= 0.6 is 11.3 Å². The van der Waals surface area contributed by atoms with E-state index in [4.69, 9.17) is 14.5 Å². The molecule has 0 atom stereocenters. The molecule has 1 aliphatic rings. The normalized spacial score (nSPS) is 15.0. The lowest BCUT2D eigenvalue weighted by Gasteiger charge is -2.33. The van der Waals surface area contributed by atoms with Gasteiger partial charge in [-0.25, -0.2) is 14.8 Å². The van der Waals surface area contributed by atoms with Crippen molar-refractivity contribution in [1.29, 1.82) is 0 Å². The van der Waals surface area contributed by atoms with Crippen molar-refractivity contribution < 1.29 is 14.3 Å². The lowest BCUT2D eigenvalue weighted by Crippen LogP contribution is -2.48. The molecule has 0 spiro atoms. The summed E-state index contributed by atoms with van der Waals surface area (Å²) in [6.07, 6.45) is 2.03. The van der Waals surface area contributed by atoms with Gasteiger partial charge >= 0.3 is 6.03 Å². The summed E-state index contributed by atoms with van der Waals surface area (Å²) < 4.78 is 14.7. The number of carbonyl (C=O) groups excluding carboxylic acids is 1. The first-order chi connectivity index (χ1) is 20.2. The molecule has 4 aromatic rings. The highest BCUT2D eigenvalue weighted by atomic mass is 32.1. The average molecular weight is 611 g/mol. The van der Waals surface area contributed by atoms with Gasteiger partial charge in [0.2, 0.25) is 5.88 Å². The van der Waals surface area contributed by atoms with Crippen molar-refractivity contribution in [2.45, 2.75) is 39.3 Å². The number of amides is 2. The van der Waals surface area contributed by atoms with E-state index in [2.05, 4.69) is 63.0 Å². The van der Waals surface area contributed by atoms with Gasteiger partial charge in [-0.2, -0.15) is 4.98 Å². The van der Waals surface area contributed by atoms with Gasteiger partial charge in [0, 0.05) is 76.7 Å². The van der Waals surface area contributed by atoms with Crippen molar-refractivity contribution in [3.63, 3.8) is 0 Å². The smallest absolute Gasteiger partial charge is 0.320 e. The van der Waals surface area contributed by atoms with Gasteiger partial charge < -0.3 is 24.3 Å². The minimum atomic E-state index is -1.22. The molecule has 4 aromatic heterocycles. The van der Waals surface area contributed by atoms with Gasteiger partial charge in [-0.15, -0.1) is 11.3 Å². The number of hydrogen-bond acceptors (Lipinski definition) is 9. The molecule has 2 N–H and O–H groups in total. The van der Waals surface area contributed by atoms with Crippen LogP contribution in [-0.2, 0) is 11.5 Å². The first-order valence-corrected chi connectivity index (χ1v) is 19.2. The number of pyridine rings is 2. The zero-order valence-electron chi connectivity index (χ0n) is 25.3. The fourth-order valence-electron chi connectivity index (χ4n) is 5.03. The molecule has 2 amide bonds. The Labute approximate surface area is 252 Å². The van der Waals surface area contributed by atoms with Crippen LogP contribution in [0.1, 0.15) is 6.92 Å². The number of nitrogens with one attached hydrogen (secondary N) is 2. The van der Waals surface area contributed by atoms with Crippen molar-refractivity contribution in [3.05, 3.63) is 29.9 Å². The molecule has 1 aliphatic heterocycles. The number of methoxy groups -OCH3 is 1. The number of anilines is 1. The van der Waals surface area contributed by atoms with E-state index in [1.165, 1.54) is 0 Å². The Kier molecular flexibility index (Phi) is 9.73. The summed E-state index contributed by atoms with van der Waals surface area (Å²) in [4.78, 5) is 31.4. The molecule has 11 nitrogen and oxygen atoms in total. The summed E-state index contributed by atoms with van der Waals surface area (Å²) in [5.74, 6) is 0.984. The quantitative estimate of drug-likeness (QED) is 0.174. The van der Waals surface area contributed by atoms with E-state index in [1.54, 1.807) is 24.0 Å². The second kappa shape index (κ2) is 13.5. The number of rotatable bonds is 12.